The van der Waals surface area contributed by atoms with Crippen LogP contribution in [0.25, 0.3) is 0 Å². The van der Waals surface area contributed by atoms with Crippen molar-refractivity contribution < 1.29 is 14.4 Å². The van der Waals surface area contributed by atoms with Crippen molar-refractivity contribution in [3.63, 3.8) is 0 Å². The van der Waals surface area contributed by atoms with Crippen molar-refractivity contribution >= 4 is 17.8 Å². The topological polar surface area (TPSA) is 60.9 Å². The molecule has 6 nitrogen and oxygen atoms in total. The lowest BCUT2D eigenvalue weighted by Gasteiger charge is -2.37. The molecule has 0 bridgehead atoms. The minimum Gasteiger partial charge on any atom is -0.342 e. The van der Waals surface area contributed by atoms with E-state index in [2.05, 4.69) is 0 Å². The van der Waals surface area contributed by atoms with E-state index in [-0.39, 0.29) is 29.9 Å². The van der Waals surface area contributed by atoms with Crippen LogP contribution in [0.1, 0.15) is 57.8 Å². The van der Waals surface area contributed by atoms with E-state index >= 15 is 0 Å². The molecule has 0 radical (unpaired) electrons. The van der Waals surface area contributed by atoms with Crippen molar-refractivity contribution in [3.8, 4) is 0 Å². The largest absolute Gasteiger partial charge is 0.342 e. The zero-order valence-electron chi connectivity index (χ0n) is 14.3. The Hall–Kier alpha value is -1.59. The quantitative estimate of drug-likeness (QED) is 0.726. The van der Waals surface area contributed by atoms with Crippen molar-refractivity contribution in [2.75, 3.05) is 19.6 Å². The highest BCUT2D eigenvalue weighted by Crippen LogP contribution is 2.32. The first kappa shape index (κ1) is 15.9. The predicted molar refractivity (Wildman–Crippen MR) is 88.1 cm³/mol. The molecular formula is C18H27N3O3. The molecule has 0 aromatic rings. The van der Waals surface area contributed by atoms with E-state index in [9.17, 15) is 14.4 Å². The number of rotatable bonds is 2. The van der Waals surface area contributed by atoms with Crippen molar-refractivity contribution in [1.29, 1.82) is 0 Å². The molecule has 4 aliphatic rings. The molecule has 3 aliphatic heterocycles. The first-order valence-corrected chi connectivity index (χ1v) is 9.59. The summed E-state index contributed by atoms with van der Waals surface area (Å²) in [6.45, 7) is 2.08. The van der Waals surface area contributed by atoms with E-state index in [1.165, 1.54) is 24.2 Å². The van der Waals surface area contributed by atoms with E-state index in [1.54, 1.807) is 4.90 Å². The Bertz CT molecular complexity index is 514. The molecule has 4 fully saturated rings. The molecule has 1 aliphatic carbocycles. The number of amides is 4. The number of piperidine rings is 1. The number of likely N-dealkylation sites (tertiary alicyclic amines) is 1. The van der Waals surface area contributed by atoms with Gasteiger partial charge in [0.15, 0.2) is 0 Å². The number of fused-ring (bicyclic) bond motifs is 1. The van der Waals surface area contributed by atoms with Crippen LogP contribution in [-0.2, 0) is 9.59 Å². The fraction of sp³-hybridized carbons (Fsp3) is 0.833. The van der Waals surface area contributed by atoms with Crippen molar-refractivity contribution in [1.82, 2.24) is 14.7 Å². The number of imide groups is 1. The summed E-state index contributed by atoms with van der Waals surface area (Å²) < 4.78 is 0. The van der Waals surface area contributed by atoms with Gasteiger partial charge in [0, 0.05) is 31.6 Å². The number of carbonyl (C=O) groups excluding carboxylic acids is 3. The summed E-state index contributed by atoms with van der Waals surface area (Å²) >= 11 is 0. The van der Waals surface area contributed by atoms with Gasteiger partial charge in [-0.2, -0.15) is 0 Å². The van der Waals surface area contributed by atoms with E-state index < -0.39 is 0 Å². The molecule has 4 amide bonds. The molecule has 0 spiro atoms. The van der Waals surface area contributed by atoms with E-state index in [0.29, 0.717) is 25.5 Å². The Balaban J connectivity index is 1.35. The van der Waals surface area contributed by atoms with E-state index in [4.69, 9.17) is 0 Å². The highest BCUT2D eigenvalue weighted by Gasteiger charge is 2.50. The zero-order chi connectivity index (χ0) is 16.7. The average molecular weight is 333 g/mol. The van der Waals surface area contributed by atoms with E-state index in [1.807, 2.05) is 4.90 Å². The fourth-order valence-electron chi connectivity index (χ4n) is 4.93. The summed E-state index contributed by atoms with van der Waals surface area (Å²) in [4.78, 5) is 42.9. The molecule has 24 heavy (non-hydrogen) atoms. The molecule has 3 heterocycles. The Kier molecular flexibility index (Phi) is 4.22. The Morgan fingerprint density at radius 3 is 2.21 bits per heavy atom. The lowest BCUT2D eigenvalue weighted by molar-refractivity contribution is -0.138. The first-order chi connectivity index (χ1) is 11.7. The van der Waals surface area contributed by atoms with Gasteiger partial charge in [-0.05, 0) is 38.5 Å². The lowest BCUT2D eigenvalue weighted by atomic mass is 9.87. The minimum absolute atomic E-state index is 0.00504. The van der Waals surface area contributed by atoms with Crippen LogP contribution in [-0.4, -0.2) is 64.3 Å². The van der Waals surface area contributed by atoms with Gasteiger partial charge in [-0.15, -0.1) is 0 Å². The van der Waals surface area contributed by atoms with Crippen molar-refractivity contribution in [2.24, 2.45) is 5.92 Å². The van der Waals surface area contributed by atoms with Crippen LogP contribution < -0.4 is 0 Å². The monoisotopic (exact) mass is 333 g/mol. The van der Waals surface area contributed by atoms with Gasteiger partial charge in [0.2, 0.25) is 5.91 Å². The third kappa shape index (κ3) is 2.60. The second-order valence-corrected chi connectivity index (χ2v) is 7.73. The Labute approximate surface area is 143 Å². The van der Waals surface area contributed by atoms with Crippen LogP contribution in [0.2, 0.25) is 0 Å². The number of hydrogen-bond acceptors (Lipinski definition) is 3. The first-order valence-electron chi connectivity index (χ1n) is 9.59. The molecule has 0 aromatic heterocycles. The molecule has 132 valence electrons. The molecule has 1 unspecified atom stereocenters. The molecule has 1 saturated carbocycles. The third-order valence-corrected chi connectivity index (χ3v) is 6.32. The number of hydrogen-bond donors (Lipinski definition) is 0. The van der Waals surface area contributed by atoms with Crippen molar-refractivity contribution in [2.45, 2.75) is 69.9 Å². The van der Waals surface area contributed by atoms with Crippen LogP contribution in [0, 0.1) is 5.92 Å². The van der Waals surface area contributed by atoms with E-state index in [0.717, 1.165) is 38.5 Å². The summed E-state index contributed by atoms with van der Waals surface area (Å²) in [6, 6.07) is -0.329. The molecule has 0 N–H and O–H groups in total. The summed E-state index contributed by atoms with van der Waals surface area (Å²) in [5, 5.41) is 0. The van der Waals surface area contributed by atoms with Gasteiger partial charge in [0.25, 0.3) is 5.91 Å². The summed E-state index contributed by atoms with van der Waals surface area (Å²) in [7, 11) is 0. The van der Waals surface area contributed by atoms with Gasteiger partial charge >= 0.3 is 6.03 Å². The lowest BCUT2D eigenvalue weighted by Crippen LogP contribution is -2.50. The molecule has 4 rings (SSSR count). The normalized spacial score (nSPS) is 29.5. The third-order valence-electron chi connectivity index (χ3n) is 6.32. The van der Waals surface area contributed by atoms with Gasteiger partial charge in [-0.25, -0.2) is 4.79 Å². The molecule has 0 aromatic carbocycles. The fourth-order valence-corrected chi connectivity index (χ4v) is 4.93. The highest BCUT2D eigenvalue weighted by molar-refractivity contribution is 6.04. The average Bonchev–Trinajstić information content (AvgIpc) is 3.20. The predicted octanol–water partition coefficient (Wildman–Crippen LogP) is 1.98. The smallest absolute Gasteiger partial charge is 0.327 e. The molecule has 1 atom stereocenters. The van der Waals surface area contributed by atoms with Crippen LogP contribution >= 0.6 is 0 Å². The summed E-state index contributed by atoms with van der Waals surface area (Å²) in [6.07, 6.45) is 8.85. The molecule has 6 heteroatoms. The number of carbonyl (C=O) groups is 3. The van der Waals surface area contributed by atoms with Crippen molar-refractivity contribution in [3.05, 3.63) is 0 Å². The molecule has 3 saturated heterocycles. The maximum atomic E-state index is 12.6. The SMILES string of the molecule is O=C(C1CCCCC1)N1CCC(N2C(=O)C3CCCN3C2=O)CC1. The van der Waals surface area contributed by atoms with Gasteiger partial charge in [-0.1, -0.05) is 19.3 Å². The zero-order valence-corrected chi connectivity index (χ0v) is 14.3. The minimum atomic E-state index is -0.209. The van der Waals surface area contributed by atoms with Crippen LogP contribution in [0.4, 0.5) is 4.79 Å². The maximum absolute atomic E-state index is 12.6. The Morgan fingerprint density at radius 2 is 1.54 bits per heavy atom. The second-order valence-electron chi connectivity index (χ2n) is 7.73. The van der Waals surface area contributed by atoms with Crippen LogP contribution in [0.5, 0.6) is 0 Å². The standard InChI is InChI=1S/C18H27N3O3/c22-16(13-5-2-1-3-6-13)19-11-8-14(9-12-19)21-17(23)15-7-4-10-20(15)18(21)24/h13-15H,1-12H2. The second kappa shape index (κ2) is 6.37. The van der Waals surface area contributed by atoms with Crippen LogP contribution in [0.15, 0.2) is 0 Å². The molecular weight excluding hydrogens is 306 g/mol. The van der Waals surface area contributed by atoms with Crippen LogP contribution in [0.3, 0.4) is 0 Å². The summed E-state index contributed by atoms with van der Waals surface area (Å²) in [5.74, 6) is 0.498. The number of urea groups is 1. The maximum Gasteiger partial charge on any atom is 0.327 e. The summed E-state index contributed by atoms with van der Waals surface area (Å²) in [5.41, 5.74) is 0. The van der Waals surface area contributed by atoms with Gasteiger partial charge in [0.05, 0.1) is 0 Å². The highest BCUT2D eigenvalue weighted by atomic mass is 16.2. The van der Waals surface area contributed by atoms with Gasteiger partial charge < -0.3 is 9.80 Å². The Morgan fingerprint density at radius 1 is 0.833 bits per heavy atom. The van der Waals surface area contributed by atoms with Gasteiger partial charge in [0.1, 0.15) is 6.04 Å². The van der Waals surface area contributed by atoms with Gasteiger partial charge in [-0.3, -0.25) is 14.5 Å². The number of nitrogens with zero attached hydrogens (tertiary/aromatic N) is 3.